The maximum absolute atomic E-state index is 5.94. The minimum atomic E-state index is 0.218. The molecule has 1 N–H and O–H groups in total. The molecule has 0 aliphatic carbocycles. The van der Waals surface area contributed by atoms with E-state index in [1.165, 1.54) is 0 Å². The molecule has 0 saturated carbocycles. The summed E-state index contributed by atoms with van der Waals surface area (Å²) in [6.45, 7) is 5.20. The number of aryl methyl sites for hydroxylation is 1. The van der Waals surface area contributed by atoms with Crippen LogP contribution >= 0.6 is 0 Å². The fourth-order valence-corrected chi connectivity index (χ4v) is 2.36. The third kappa shape index (κ3) is 2.28. The van der Waals surface area contributed by atoms with E-state index in [9.17, 15) is 0 Å². The van der Waals surface area contributed by atoms with Gasteiger partial charge in [-0.05, 0) is 26.3 Å². The largest absolute Gasteiger partial charge is 0.373 e. The predicted octanol–water partition coefficient (Wildman–Crippen LogP) is 1.64. The van der Waals surface area contributed by atoms with Gasteiger partial charge in [0.1, 0.15) is 5.82 Å². The van der Waals surface area contributed by atoms with E-state index in [0.29, 0.717) is 6.10 Å². The fourth-order valence-electron chi connectivity index (χ4n) is 2.36. The number of imidazole rings is 1. The van der Waals surface area contributed by atoms with Crippen LogP contribution in [0.3, 0.4) is 0 Å². The Balaban J connectivity index is 2.14. The normalized spacial score (nSPS) is 27.2. The molecule has 2 rings (SSSR count). The van der Waals surface area contributed by atoms with Gasteiger partial charge in [0.15, 0.2) is 0 Å². The lowest BCUT2D eigenvalue weighted by Gasteiger charge is -2.24. The van der Waals surface area contributed by atoms with Crippen molar-refractivity contribution in [1.29, 1.82) is 0 Å². The highest BCUT2D eigenvalue weighted by atomic mass is 16.5. The zero-order valence-corrected chi connectivity index (χ0v) is 10.3. The minimum Gasteiger partial charge on any atom is -0.373 e. The molecule has 3 atom stereocenters. The van der Waals surface area contributed by atoms with Crippen molar-refractivity contribution in [1.82, 2.24) is 14.9 Å². The lowest BCUT2D eigenvalue weighted by Crippen LogP contribution is -2.34. The average Bonchev–Trinajstić information content (AvgIpc) is 2.84. The Kier molecular flexibility index (Phi) is 3.61. The standard InChI is InChI=1S/C12H21N3O/c1-4-13-11(10-6-5-9(2)16-10)12-14-7-8-15(12)3/h7-11,13H,4-6H2,1-3H3. The summed E-state index contributed by atoms with van der Waals surface area (Å²) in [5.41, 5.74) is 0. The Morgan fingerprint density at radius 2 is 2.44 bits per heavy atom. The molecule has 0 bridgehead atoms. The molecule has 90 valence electrons. The first kappa shape index (κ1) is 11.6. The summed E-state index contributed by atoms with van der Waals surface area (Å²) in [5.74, 6) is 1.07. The first-order valence-corrected chi connectivity index (χ1v) is 6.08. The number of hydrogen-bond donors (Lipinski definition) is 1. The Hall–Kier alpha value is -0.870. The highest BCUT2D eigenvalue weighted by molar-refractivity contribution is 5.03. The zero-order chi connectivity index (χ0) is 11.5. The van der Waals surface area contributed by atoms with Gasteiger partial charge in [0.2, 0.25) is 0 Å². The second-order valence-corrected chi connectivity index (χ2v) is 4.49. The number of likely N-dealkylation sites (N-methyl/N-ethyl adjacent to an activating group) is 1. The van der Waals surface area contributed by atoms with Gasteiger partial charge in [0.05, 0.1) is 18.2 Å². The van der Waals surface area contributed by atoms with Gasteiger partial charge < -0.3 is 14.6 Å². The van der Waals surface area contributed by atoms with Gasteiger partial charge >= 0.3 is 0 Å². The van der Waals surface area contributed by atoms with Gasteiger partial charge in [-0.1, -0.05) is 6.92 Å². The van der Waals surface area contributed by atoms with Crippen molar-refractivity contribution in [2.24, 2.45) is 7.05 Å². The van der Waals surface area contributed by atoms with Gasteiger partial charge in [0.25, 0.3) is 0 Å². The van der Waals surface area contributed by atoms with Crippen molar-refractivity contribution in [3.05, 3.63) is 18.2 Å². The highest BCUT2D eigenvalue weighted by Crippen LogP contribution is 2.29. The second-order valence-electron chi connectivity index (χ2n) is 4.49. The minimum absolute atomic E-state index is 0.218. The molecule has 1 aromatic heterocycles. The maximum Gasteiger partial charge on any atom is 0.128 e. The lowest BCUT2D eigenvalue weighted by atomic mass is 10.1. The topological polar surface area (TPSA) is 39.1 Å². The van der Waals surface area contributed by atoms with Crippen LogP contribution in [0.1, 0.15) is 38.6 Å². The third-order valence-electron chi connectivity index (χ3n) is 3.20. The van der Waals surface area contributed by atoms with Gasteiger partial charge in [-0.15, -0.1) is 0 Å². The summed E-state index contributed by atoms with van der Waals surface area (Å²) in [5, 5.41) is 3.48. The smallest absolute Gasteiger partial charge is 0.128 e. The molecule has 1 fully saturated rings. The second kappa shape index (κ2) is 4.97. The summed E-state index contributed by atoms with van der Waals surface area (Å²) < 4.78 is 8.01. The van der Waals surface area contributed by atoms with E-state index >= 15 is 0 Å². The van der Waals surface area contributed by atoms with Crippen LogP contribution in [0.15, 0.2) is 12.4 Å². The molecule has 1 aliphatic rings. The lowest BCUT2D eigenvalue weighted by molar-refractivity contribution is 0.0294. The fraction of sp³-hybridized carbons (Fsp3) is 0.750. The van der Waals surface area contributed by atoms with Gasteiger partial charge in [0, 0.05) is 19.4 Å². The van der Waals surface area contributed by atoms with Gasteiger partial charge in [-0.2, -0.15) is 0 Å². The molecule has 1 aliphatic heterocycles. The van der Waals surface area contributed by atoms with Crippen LogP contribution in [0, 0.1) is 0 Å². The number of nitrogens with zero attached hydrogens (tertiary/aromatic N) is 2. The number of rotatable bonds is 4. The summed E-state index contributed by atoms with van der Waals surface area (Å²) in [6, 6.07) is 0.218. The summed E-state index contributed by atoms with van der Waals surface area (Å²) >= 11 is 0. The van der Waals surface area contributed by atoms with Crippen LogP contribution in [0.2, 0.25) is 0 Å². The quantitative estimate of drug-likeness (QED) is 0.843. The molecule has 16 heavy (non-hydrogen) atoms. The van der Waals surface area contributed by atoms with Crippen LogP contribution in [0.25, 0.3) is 0 Å². The Bertz CT molecular complexity index is 337. The van der Waals surface area contributed by atoms with Crippen LogP contribution in [-0.2, 0) is 11.8 Å². The van der Waals surface area contributed by atoms with E-state index < -0.39 is 0 Å². The summed E-state index contributed by atoms with van der Waals surface area (Å²) in [4.78, 5) is 4.42. The number of aromatic nitrogens is 2. The van der Waals surface area contributed by atoms with Crippen molar-refractivity contribution in [3.63, 3.8) is 0 Å². The number of ether oxygens (including phenoxy) is 1. The van der Waals surface area contributed by atoms with Crippen LogP contribution in [0.4, 0.5) is 0 Å². The van der Waals surface area contributed by atoms with Gasteiger partial charge in [-0.25, -0.2) is 4.98 Å². The molecule has 0 spiro atoms. The third-order valence-corrected chi connectivity index (χ3v) is 3.20. The highest BCUT2D eigenvalue weighted by Gasteiger charge is 2.32. The predicted molar refractivity (Wildman–Crippen MR) is 63.2 cm³/mol. The van der Waals surface area contributed by atoms with Crippen molar-refractivity contribution >= 4 is 0 Å². The van der Waals surface area contributed by atoms with Gasteiger partial charge in [-0.3, -0.25) is 0 Å². The molecule has 1 aromatic rings. The summed E-state index contributed by atoms with van der Waals surface area (Å²) in [6.07, 6.45) is 6.74. The molecule has 4 nitrogen and oxygen atoms in total. The number of hydrogen-bond acceptors (Lipinski definition) is 3. The van der Waals surface area contributed by atoms with Crippen LogP contribution in [0.5, 0.6) is 0 Å². The molecule has 3 unspecified atom stereocenters. The van der Waals surface area contributed by atoms with Crippen LogP contribution < -0.4 is 5.32 Å². The first-order valence-electron chi connectivity index (χ1n) is 6.08. The zero-order valence-electron chi connectivity index (χ0n) is 10.3. The number of nitrogens with one attached hydrogen (secondary N) is 1. The first-order chi connectivity index (χ1) is 7.72. The van der Waals surface area contributed by atoms with Crippen molar-refractivity contribution in [2.75, 3.05) is 6.54 Å². The van der Waals surface area contributed by atoms with Crippen molar-refractivity contribution < 1.29 is 4.74 Å². The molecular formula is C12H21N3O. The average molecular weight is 223 g/mol. The van der Waals surface area contributed by atoms with Crippen molar-refractivity contribution in [3.8, 4) is 0 Å². The van der Waals surface area contributed by atoms with E-state index in [0.717, 1.165) is 25.2 Å². The molecular weight excluding hydrogens is 202 g/mol. The molecule has 2 heterocycles. The van der Waals surface area contributed by atoms with E-state index in [1.807, 2.05) is 19.4 Å². The molecule has 0 amide bonds. The summed E-state index contributed by atoms with van der Waals surface area (Å²) in [7, 11) is 2.03. The van der Waals surface area contributed by atoms with E-state index in [4.69, 9.17) is 4.74 Å². The Morgan fingerprint density at radius 1 is 1.62 bits per heavy atom. The van der Waals surface area contributed by atoms with E-state index in [1.54, 1.807) is 0 Å². The Morgan fingerprint density at radius 3 is 2.94 bits per heavy atom. The monoisotopic (exact) mass is 223 g/mol. The Labute approximate surface area is 97.0 Å². The van der Waals surface area contributed by atoms with E-state index in [-0.39, 0.29) is 12.1 Å². The molecule has 4 heteroatoms. The molecule has 1 saturated heterocycles. The molecule has 0 radical (unpaired) electrons. The molecule has 0 aromatic carbocycles. The van der Waals surface area contributed by atoms with Crippen molar-refractivity contribution in [2.45, 2.75) is 44.9 Å². The van der Waals surface area contributed by atoms with E-state index in [2.05, 4.69) is 28.7 Å². The maximum atomic E-state index is 5.94. The van der Waals surface area contributed by atoms with Crippen LogP contribution in [-0.4, -0.2) is 28.3 Å². The SMILES string of the molecule is CCNC(c1nccn1C)C1CCC(C)O1.